The quantitative estimate of drug-likeness (QED) is 0.406. The van der Waals surface area contributed by atoms with Crippen LogP contribution in [0.15, 0.2) is 0 Å². The van der Waals surface area contributed by atoms with E-state index in [1.165, 1.54) is 0 Å². The Morgan fingerprint density at radius 1 is 1.06 bits per heavy atom. The average molecular weight is 285 g/mol. The van der Waals surface area contributed by atoms with E-state index in [9.17, 15) is 0 Å². The molecule has 0 unspecified atom stereocenters. The third-order valence-electron chi connectivity index (χ3n) is 2.09. The minimum absolute atomic E-state index is 0.668. The standard InChI is InChI=1S/C8H22N2O3Si.CH6OSi/c1-11-14(12-2,13-3)8-4-6-10-7-5-9;1-2-3/h10H,4-9H2,1-3H3;1,3H3. The SMILES string of the molecule is CO[SiH3].CO[Si](CCCNCCN)(OC)OC. The molecular formula is C9H28N2O4Si2. The number of hydrogen-bond acceptors (Lipinski definition) is 6. The minimum Gasteiger partial charge on any atom is -0.431 e. The summed E-state index contributed by atoms with van der Waals surface area (Å²) in [6.07, 6.45) is 0.974. The van der Waals surface area contributed by atoms with E-state index in [0.717, 1.165) is 36.0 Å². The molecule has 8 heteroatoms. The first-order valence-corrected chi connectivity index (χ1v) is 8.37. The third kappa shape index (κ3) is 11.0. The van der Waals surface area contributed by atoms with Gasteiger partial charge in [0.05, 0.1) is 0 Å². The van der Waals surface area contributed by atoms with Gasteiger partial charge in [0.25, 0.3) is 0 Å². The third-order valence-corrected chi connectivity index (χ3v) is 4.92. The monoisotopic (exact) mass is 284 g/mol. The summed E-state index contributed by atoms with van der Waals surface area (Å²) in [6.45, 7) is 2.44. The molecule has 0 rings (SSSR count). The highest BCUT2D eigenvalue weighted by molar-refractivity contribution is 6.60. The summed E-state index contributed by atoms with van der Waals surface area (Å²) < 4.78 is 20.2. The van der Waals surface area contributed by atoms with Gasteiger partial charge >= 0.3 is 8.80 Å². The van der Waals surface area contributed by atoms with Gasteiger partial charge in [-0.05, 0) is 13.0 Å². The summed E-state index contributed by atoms with van der Waals surface area (Å²) in [7, 11) is 5.10. The van der Waals surface area contributed by atoms with Crippen molar-refractivity contribution in [3.63, 3.8) is 0 Å². The number of rotatable bonds is 9. The van der Waals surface area contributed by atoms with Crippen molar-refractivity contribution in [3.8, 4) is 0 Å². The van der Waals surface area contributed by atoms with Crippen LogP contribution in [-0.4, -0.2) is 67.4 Å². The van der Waals surface area contributed by atoms with E-state index in [4.69, 9.17) is 19.0 Å². The molecule has 106 valence electrons. The summed E-state index contributed by atoms with van der Waals surface area (Å²) in [5.74, 6) is 0. The molecule has 3 N–H and O–H groups in total. The molecule has 0 radical (unpaired) electrons. The maximum Gasteiger partial charge on any atom is 0.500 e. The highest BCUT2D eigenvalue weighted by atomic mass is 28.4. The molecule has 0 atom stereocenters. The van der Waals surface area contributed by atoms with E-state index in [0.29, 0.717) is 6.54 Å². The largest absolute Gasteiger partial charge is 0.500 e. The highest BCUT2D eigenvalue weighted by Gasteiger charge is 2.36. The van der Waals surface area contributed by atoms with Gasteiger partial charge in [-0.25, -0.2) is 0 Å². The van der Waals surface area contributed by atoms with Gasteiger partial charge in [0.2, 0.25) is 0 Å². The lowest BCUT2D eigenvalue weighted by atomic mass is 10.5. The lowest BCUT2D eigenvalue weighted by molar-refractivity contribution is 0.123. The van der Waals surface area contributed by atoms with Crippen molar-refractivity contribution in [1.82, 2.24) is 5.32 Å². The van der Waals surface area contributed by atoms with Gasteiger partial charge in [-0.15, -0.1) is 0 Å². The van der Waals surface area contributed by atoms with E-state index in [1.54, 1.807) is 28.4 Å². The second-order valence-electron chi connectivity index (χ2n) is 3.35. The minimum atomic E-state index is -2.35. The molecule has 0 aromatic carbocycles. The first-order valence-electron chi connectivity index (χ1n) is 5.62. The van der Waals surface area contributed by atoms with Gasteiger partial charge in [-0.3, -0.25) is 0 Å². The van der Waals surface area contributed by atoms with Crippen LogP contribution in [0.1, 0.15) is 6.42 Å². The zero-order valence-corrected chi connectivity index (χ0v) is 14.7. The van der Waals surface area contributed by atoms with Crippen LogP contribution in [0.2, 0.25) is 6.04 Å². The van der Waals surface area contributed by atoms with E-state index >= 15 is 0 Å². The molecule has 0 bridgehead atoms. The smallest absolute Gasteiger partial charge is 0.431 e. The van der Waals surface area contributed by atoms with Gasteiger partial charge in [0.1, 0.15) is 10.5 Å². The van der Waals surface area contributed by atoms with Crippen LogP contribution in [0, 0.1) is 0 Å². The molecule has 0 aliphatic heterocycles. The van der Waals surface area contributed by atoms with Crippen LogP contribution in [0.3, 0.4) is 0 Å². The molecule has 17 heavy (non-hydrogen) atoms. The molecular weight excluding hydrogens is 256 g/mol. The Kier molecular flexibility index (Phi) is 16.4. The van der Waals surface area contributed by atoms with Gasteiger partial charge < -0.3 is 28.8 Å². The number of hydrogen-bond donors (Lipinski definition) is 2. The van der Waals surface area contributed by atoms with Gasteiger partial charge in [-0.1, -0.05) is 0 Å². The van der Waals surface area contributed by atoms with E-state index in [1.807, 2.05) is 0 Å². The Balaban J connectivity index is 0. The summed E-state index contributed by atoms with van der Waals surface area (Å²) in [5, 5.41) is 3.21. The second kappa shape index (κ2) is 14.3. The van der Waals surface area contributed by atoms with Crippen molar-refractivity contribution in [1.29, 1.82) is 0 Å². The predicted molar refractivity (Wildman–Crippen MR) is 75.1 cm³/mol. The summed E-state index contributed by atoms with van der Waals surface area (Å²) >= 11 is 0. The first-order chi connectivity index (χ1) is 8.16. The molecule has 0 spiro atoms. The molecule has 0 aliphatic carbocycles. The molecule has 0 fully saturated rings. The van der Waals surface area contributed by atoms with Gasteiger partial charge in [0, 0.05) is 47.6 Å². The van der Waals surface area contributed by atoms with E-state index < -0.39 is 8.80 Å². The van der Waals surface area contributed by atoms with Crippen LogP contribution in [0.5, 0.6) is 0 Å². The van der Waals surface area contributed by atoms with Crippen molar-refractivity contribution >= 4 is 19.3 Å². The van der Waals surface area contributed by atoms with Crippen molar-refractivity contribution in [2.75, 3.05) is 48.1 Å². The summed E-state index contributed by atoms with van der Waals surface area (Å²) in [4.78, 5) is 0. The van der Waals surface area contributed by atoms with Crippen molar-refractivity contribution in [2.24, 2.45) is 5.73 Å². The Hall–Kier alpha value is 0.194. The lowest BCUT2D eigenvalue weighted by Gasteiger charge is -2.24. The van der Waals surface area contributed by atoms with Crippen molar-refractivity contribution < 1.29 is 17.7 Å². The molecule has 0 saturated carbocycles. The first kappa shape index (κ1) is 19.5. The maximum atomic E-state index is 5.35. The van der Waals surface area contributed by atoms with E-state index in [2.05, 4.69) is 9.74 Å². The van der Waals surface area contributed by atoms with E-state index in [-0.39, 0.29) is 0 Å². The molecule has 0 aromatic rings. The van der Waals surface area contributed by atoms with Crippen molar-refractivity contribution in [2.45, 2.75) is 12.5 Å². The fourth-order valence-corrected chi connectivity index (χ4v) is 2.94. The summed E-state index contributed by atoms with van der Waals surface area (Å²) in [6, 6.07) is 0.827. The fourth-order valence-electron chi connectivity index (χ4n) is 1.21. The Labute approximate surface area is 109 Å². The molecule has 0 aliphatic rings. The van der Waals surface area contributed by atoms with Crippen LogP contribution in [-0.2, 0) is 17.7 Å². The molecule has 6 nitrogen and oxygen atoms in total. The fraction of sp³-hybridized carbons (Fsp3) is 1.00. The predicted octanol–water partition coefficient (Wildman–Crippen LogP) is -1.28. The second-order valence-corrected chi connectivity index (χ2v) is 7.25. The Morgan fingerprint density at radius 3 is 1.88 bits per heavy atom. The number of nitrogens with one attached hydrogen (secondary N) is 1. The van der Waals surface area contributed by atoms with Crippen LogP contribution < -0.4 is 11.1 Å². The average Bonchev–Trinajstić information content (AvgIpc) is 2.36. The molecule has 0 saturated heterocycles. The Bertz CT molecular complexity index is 143. The van der Waals surface area contributed by atoms with Crippen LogP contribution >= 0.6 is 0 Å². The van der Waals surface area contributed by atoms with Gasteiger partial charge in [-0.2, -0.15) is 0 Å². The summed E-state index contributed by atoms with van der Waals surface area (Å²) in [5.41, 5.74) is 5.35. The highest BCUT2D eigenvalue weighted by Crippen LogP contribution is 2.13. The number of nitrogens with two attached hydrogens (primary N) is 1. The molecule has 0 amide bonds. The maximum absolute atomic E-state index is 5.35. The zero-order chi connectivity index (χ0) is 13.6. The van der Waals surface area contributed by atoms with Crippen LogP contribution in [0.25, 0.3) is 0 Å². The zero-order valence-electron chi connectivity index (χ0n) is 11.7. The Morgan fingerprint density at radius 2 is 1.53 bits per heavy atom. The molecule has 0 aromatic heterocycles. The van der Waals surface area contributed by atoms with Crippen molar-refractivity contribution in [3.05, 3.63) is 0 Å². The van der Waals surface area contributed by atoms with Crippen LogP contribution in [0.4, 0.5) is 0 Å². The topological polar surface area (TPSA) is 75.0 Å². The van der Waals surface area contributed by atoms with Gasteiger partial charge in [0.15, 0.2) is 0 Å². The molecule has 0 heterocycles. The lowest BCUT2D eigenvalue weighted by Crippen LogP contribution is -2.43. The normalized spacial score (nSPS) is 11.1.